The van der Waals surface area contributed by atoms with Crippen molar-refractivity contribution in [1.29, 1.82) is 0 Å². The van der Waals surface area contributed by atoms with Crippen molar-refractivity contribution in [3.8, 4) is 0 Å². The van der Waals surface area contributed by atoms with Crippen LogP contribution >= 0.6 is 11.3 Å². The molecule has 1 aliphatic heterocycles. The fraction of sp³-hybridized carbons (Fsp3) is 0.550. The van der Waals surface area contributed by atoms with Crippen LogP contribution in [0.1, 0.15) is 25.7 Å². The van der Waals surface area contributed by atoms with E-state index in [0.29, 0.717) is 44.3 Å². The standard InChI is InChI=1S/C20H30BN5O3S/c1-21(29)22-10-6-2-3-9-19(28)26-13-11-25(12-14-26)15-18(27)24-20-23-16-7-4-5-8-17(16)30-20/h4-5,7-8,22,29H,2-3,6,9-15H2,1H3,(H,23,24,27). The smallest absolute Gasteiger partial charge is 0.373 e. The molecule has 0 atom stereocenters. The van der Waals surface area contributed by atoms with E-state index in [1.165, 1.54) is 11.3 Å². The van der Waals surface area contributed by atoms with Gasteiger partial charge in [-0.1, -0.05) is 29.9 Å². The van der Waals surface area contributed by atoms with E-state index in [0.717, 1.165) is 36.0 Å². The Morgan fingerprint density at radius 1 is 1.17 bits per heavy atom. The summed E-state index contributed by atoms with van der Waals surface area (Å²) in [4.78, 5) is 33.1. The summed E-state index contributed by atoms with van der Waals surface area (Å²) in [6.07, 6.45) is 3.35. The van der Waals surface area contributed by atoms with Gasteiger partial charge < -0.3 is 20.5 Å². The lowest BCUT2D eigenvalue weighted by Crippen LogP contribution is -2.50. The van der Waals surface area contributed by atoms with Gasteiger partial charge in [0.05, 0.1) is 16.8 Å². The zero-order valence-corrected chi connectivity index (χ0v) is 18.3. The topological polar surface area (TPSA) is 97.8 Å². The molecule has 30 heavy (non-hydrogen) atoms. The Bertz CT molecular complexity index is 806. The number of piperazine rings is 1. The number of carbonyl (C=O) groups excluding carboxylic acids is 2. The molecular weight excluding hydrogens is 401 g/mol. The first-order chi connectivity index (χ1) is 14.5. The predicted octanol–water partition coefficient (Wildman–Crippen LogP) is 1.64. The van der Waals surface area contributed by atoms with Crippen LogP contribution in [0.5, 0.6) is 0 Å². The minimum atomic E-state index is -0.480. The number of rotatable bonds is 10. The highest BCUT2D eigenvalue weighted by Gasteiger charge is 2.22. The molecule has 1 saturated heterocycles. The number of benzene rings is 1. The van der Waals surface area contributed by atoms with Crippen LogP contribution in [0.2, 0.25) is 6.82 Å². The summed E-state index contributed by atoms with van der Waals surface area (Å²) in [5, 5.41) is 15.6. The van der Waals surface area contributed by atoms with Crippen LogP contribution in [0.4, 0.5) is 5.13 Å². The molecule has 3 N–H and O–H groups in total. The number of thiazole rings is 1. The van der Waals surface area contributed by atoms with Crippen LogP contribution in [-0.4, -0.2) is 77.9 Å². The Hall–Kier alpha value is -2.01. The van der Waals surface area contributed by atoms with Gasteiger partial charge in [-0.05, 0) is 38.3 Å². The summed E-state index contributed by atoms with van der Waals surface area (Å²) in [6, 6.07) is 7.82. The highest BCUT2D eigenvalue weighted by atomic mass is 32.1. The zero-order chi connectivity index (χ0) is 21.3. The van der Waals surface area contributed by atoms with E-state index in [1.807, 2.05) is 29.2 Å². The molecule has 2 heterocycles. The Labute approximate surface area is 181 Å². The SMILES string of the molecule is CB(O)NCCCCCC(=O)N1CCN(CC(=O)Nc2nc3ccccc3s2)CC1. The number of carbonyl (C=O) groups is 2. The fourth-order valence-corrected chi connectivity index (χ4v) is 4.37. The van der Waals surface area contributed by atoms with E-state index >= 15 is 0 Å². The Morgan fingerprint density at radius 2 is 1.93 bits per heavy atom. The van der Waals surface area contributed by atoms with Gasteiger partial charge >= 0.3 is 7.05 Å². The number of anilines is 1. The third-order valence-corrected chi connectivity index (χ3v) is 6.09. The highest BCUT2D eigenvalue weighted by molar-refractivity contribution is 7.22. The maximum Gasteiger partial charge on any atom is 0.373 e. The van der Waals surface area contributed by atoms with Gasteiger partial charge in [0.2, 0.25) is 11.8 Å². The Balaban J connectivity index is 1.32. The molecule has 3 rings (SSSR count). The number of aromatic nitrogens is 1. The maximum atomic E-state index is 12.4. The lowest BCUT2D eigenvalue weighted by molar-refractivity contribution is -0.133. The largest absolute Gasteiger partial charge is 0.437 e. The van der Waals surface area contributed by atoms with Gasteiger partial charge in [0.15, 0.2) is 5.13 Å². The monoisotopic (exact) mass is 431 g/mol. The average Bonchev–Trinajstić information content (AvgIpc) is 3.12. The van der Waals surface area contributed by atoms with Gasteiger partial charge in [0.1, 0.15) is 0 Å². The molecule has 2 aromatic rings. The first-order valence-corrected chi connectivity index (χ1v) is 11.4. The number of nitrogens with zero attached hydrogens (tertiary/aromatic N) is 3. The lowest BCUT2D eigenvalue weighted by atomic mass is 9.89. The van der Waals surface area contributed by atoms with Gasteiger partial charge in [-0.25, -0.2) is 4.98 Å². The molecule has 0 spiro atoms. The summed E-state index contributed by atoms with van der Waals surface area (Å²) in [7, 11) is -0.480. The van der Waals surface area contributed by atoms with Crippen LogP contribution in [0.15, 0.2) is 24.3 Å². The minimum Gasteiger partial charge on any atom is -0.437 e. The third kappa shape index (κ3) is 7.05. The van der Waals surface area contributed by atoms with E-state index in [1.54, 1.807) is 6.82 Å². The summed E-state index contributed by atoms with van der Waals surface area (Å²) in [6.45, 7) is 5.52. The molecule has 0 aliphatic carbocycles. The molecular formula is C20H30BN5O3S. The number of para-hydroxylation sites is 1. The Kier molecular flexibility index (Phi) is 8.62. The quantitative estimate of drug-likeness (QED) is 0.391. The van der Waals surface area contributed by atoms with E-state index in [9.17, 15) is 9.59 Å². The van der Waals surface area contributed by atoms with Crippen molar-refractivity contribution >= 4 is 45.5 Å². The van der Waals surface area contributed by atoms with E-state index in [4.69, 9.17) is 5.02 Å². The molecule has 1 aliphatic rings. The molecule has 0 radical (unpaired) electrons. The van der Waals surface area contributed by atoms with Gasteiger partial charge in [-0.3, -0.25) is 14.5 Å². The zero-order valence-electron chi connectivity index (χ0n) is 17.5. The first-order valence-electron chi connectivity index (χ1n) is 10.6. The third-order valence-electron chi connectivity index (χ3n) is 5.14. The van der Waals surface area contributed by atoms with Gasteiger partial charge in [0.25, 0.3) is 0 Å². The maximum absolute atomic E-state index is 12.4. The summed E-state index contributed by atoms with van der Waals surface area (Å²) in [5.74, 6) is 0.122. The second-order valence-electron chi connectivity index (χ2n) is 7.63. The lowest BCUT2D eigenvalue weighted by Gasteiger charge is -2.34. The molecule has 2 amide bonds. The fourth-order valence-electron chi connectivity index (χ4n) is 3.49. The van der Waals surface area contributed by atoms with Gasteiger partial charge in [0, 0.05) is 32.6 Å². The van der Waals surface area contributed by atoms with Crippen LogP contribution in [0, 0.1) is 0 Å². The summed E-state index contributed by atoms with van der Waals surface area (Å²) in [5.41, 5.74) is 0.893. The summed E-state index contributed by atoms with van der Waals surface area (Å²) < 4.78 is 1.05. The van der Waals surface area contributed by atoms with Crippen LogP contribution in [0.3, 0.4) is 0 Å². The van der Waals surface area contributed by atoms with Crippen molar-refractivity contribution in [1.82, 2.24) is 20.0 Å². The van der Waals surface area contributed by atoms with E-state index in [-0.39, 0.29) is 11.8 Å². The van der Waals surface area contributed by atoms with Crippen LogP contribution in [-0.2, 0) is 9.59 Å². The van der Waals surface area contributed by atoms with Crippen LogP contribution in [0.25, 0.3) is 10.2 Å². The number of amides is 2. The molecule has 0 bridgehead atoms. The number of hydrogen-bond donors (Lipinski definition) is 3. The van der Waals surface area contributed by atoms with Crippen molar-refractivity contribution in [2.75, 3.05) is 44.6 Å². The molecule has 1 fully saturated rings. The minimum absolute atomic E-state index is 0.0698. The molecule has 162 valence electrons. The molecule has 1 aromatic carbocycles. The number of unbranched alkanes of at least 4 members (excludes halogenated alkanes) is 2. The van der Waals surface area contributed by atoms with Gasteiger partial charge in [-0.15, -0.1) is 0 Å². The van der Waals surface area contributed by atoms with E-state index in [2.05, 4.69) is 20.4 Å². The first kappa shape index (κ1) is 22.7. The second kappa shape index (κ2) is 11.4. The second-order valence-corrected chi connectivity index (χ2v) is 8.66. The number of hydrogen-bond acceptors (Lipinski definition) is 7. The van der Waals surface area contributed by atoms with Crippen LogP contribution < -0.4 is 10.5 Å². The van der Waals surface area contributed by atoms with Crippen molar-refractivity contribution in [2.24, 2.45) is 0 Å². The molecule has 0 saturated carbocycles. The normalized spacial score (nSPS) is 14.8. The molecule has 10 heteroatoms. The Morgan fingerprint density at radius 3 is 2.67 bits per heavy atom. The molecule has 0 unspecified atom stereocenters. The molecule has 8 nitrogen and oxygen atoms in total. The van der Waals surface area contributed by atoms with Crippen molar-refractivity contribution in [3.05, 3.63) is 24.3 Å². The average molecular weight is 431 g/mol. The number of fused-ring (bicyclic) bond motifs is 1. The van der Waals surface area contributed by atoms with Crippen molar-refractivity contribution in [3.63, 3.8) is 0 Å². The van der Waals surface area contributed by atoms with Crippen molar-refractivity contribution < 1.29 is 14.6 Å². The summed E-state index contributed by atoms with van der Waals surface area (Å²) >= 11 is 1.47. The highest BCUT2D eigenvalue weighted by Crippen LogP contribution is 2.25. The number of nitrogens with one attached hydrogen (secondary N) is 2. The van der Waals surface area contributed by atoms with E-state index < -0.39 is 7.05 Å². The van der Waals surface area contributed by atoms with Gasteiger partial charge in [-0.2, -0.15) is 0 Å². The molecule has 1 aromatic heterocycles. The predicted molar refractivity (Wildman–Crippen MR) is 122 cm³/mol. The van der Waals surface area contributed by atoms with Crippen molar-refractivity contribution in [2.45, 2.75) is 32.5 Å².